The fourth-order valence-electron chi connectivity index (χ4n) is 2.81. The zero-order chi connectivity index (χ0) is 20.4. The monoisotopic (exact) mass is 406 g/mol. The second-order valence-electron chi connectivity index (χ2n) is 6.45. The molecule has 2 rings (SSSR count). The molecule has 2 aromatic rings. The Balaban J connectivity index is 2.04. The van der Waals surface area contributed by atoms with Gasteiger partial charge in [0.1, 0.15) is 0 Å². The molecule has 28 heavy (non-hydrogen) atoms. The number of rotatable bonds is 12. The van der Waals surface area contributed by atoms with E-state index in [1.807, 2.05) is 23.1 Å². The average Bonchev–Trinajstić information content (AvgIpc) is 3.12. The van der Waals surface area contributed by atoms with Crippen molar-refractivity contribution in [1.29, 1.82) is 0 Å². The second kappa shape index (κ2) is 11.7. The lowest BCUT2D eigenvalue weighted by Gasteiger charge is -2.23. The SMILES string of the molecule is COCCNCC(=O)N(CCc1ccc(OC)c(OC)c1)Cc1sccc1C. The molecule has 0 unspecified atom stereocenters. The summed E-state index contributed by atoms with van der Waals surface area (Å²) in [5.74, 6) is 1.49. The number of nitrogens with one attached hydrogen (secondary N) is 1. The molecule has 1 heterocycles. The maximum Gasteiger partial charge on any atom is 0.236 e. The minimum absolute atomic E-state index is 0.0874. The summed E-state index contributed by atoms with van der Waals surface area (Å²) >= 11 is 1.69. The molecule has 0 aliphatic carbocycles. The van der Waals surface area contributed by atoms with Crippen LogP contribution in [0.3, 0.4) is 0 Å². The van der Waals surface area contributed by atoms with E-state index in [1.165, 1.54) is 10.4 Å². The van der Waals surface area contributed by atoms with Crippen LogP contribution in [0.5, 0.6) is 11.5 Å². The lowest BCUT2D eigenvalue weighted by Crippen LogP contribution is -2.39. The molecule has 1 N–H and O–H groups in total. The van der Waals surface area contributed by atoms with Gasteiger partial charge in [0.05, 0.1) is 33.9 Å². The molecule has 0 spiro atoms. The summed E-state index contributed by atoms with van der Waals surface area (Å²) in [6.07, 6.45) is 0.745. The molecule has 154 valence electrons. The predicted molar refractivity (Wildman–Crippen MR) is 112 cm³/mol. The zero-order valence-electron chi connectivity index (χ0n) is 17.1. The molecule has 7 heteroatoms. The molecule has 0 bridgehead atoms. The number of aryl methyl sites for hydroxylation is 1. The van der Waals surface area contributed by atoms with E-state index < -0.39 is 0 Å². The highest BCUT2D eigenvalue weighted by molar-refractivity contribution is 7.10. The first-order valence-corrected chi connectivity index (χ1v) is 10.2. The van der Waals surface area contributed by atoms with Gasteiger partial charge in [0.2, 0.25) is 5.91 Å². The number of hydrogen-bond donors (Lipinski definition) is 1. The Morgan fingerprint density at radius 2 is 1.93 bits per heavy atom. The van der Waals surface area contributed by atoms with Gasteiger partial charge in [-0.2, -0.15) is 0 Å². The number of hydrogen-bond acceptors (Lipinski definition) is 6. The summed E-state index contributed by atoms with van der Waals surface area (Å²) in [4.78, 5) is 15.9. The van der Waals surface area contributed by atoms with Crippen molar-refractivity contribution >= 4 is 17.2 Å². The van der Waals surface area contributed by atoms with Gasteiger partial charge in [-0.3, -0.25) is 4.79 Å². The van der Waals surface area contributed by atoms with Crippen LogP contribution in [0.4, 0.5) is 0 Å². The molecule has 0 radical (unpaired) electrons. The minimum Gasteiger partial charge on any atom is -0.493 e. The Labute approximate surface area is 171 Å². The van der Waals surface area contributed by atoms with Crippen molar-refractivity contribution in [2.75, 3.05) is 47.6 Å². The van der Waals surface area contributed by atoms with Crippen molar-refractivity contribution in [2.45, 2.75) is 19.9 Å². The van der Waals surface area contributed by atoms with Gasteiger partial charge < -0.3 is 24.4 Å². The third-order valence-electron chi connectivity index (χ3n) is 4.53. The number of thiophene rings is 1. The molecular formula is C21H30N2O4S. The fraction of sp³-hybridized carbons (Fsp3) is 0.476. The molecule has 0 saturated carbocycles. The lowest BCUT2D eigenvalue weighted by atomic mass is 10.1. The molecule has 0 atom stereocenters. The second-order valence-corrected chi connectivity index (χ2v) is 7.45. The number of benzene rings is 1. The third-order valence-corrected chi connectivity index (χ3v) is 5.54. The van der Waals surface area contributed by atoms with Crippen LogP contribution in [-0.2, 0) is 22.5 Å². The predicted octanol–water partition coefficient (Wildman–Crippen LogP) is 2.88. The van der Waals surface area contributed by atoms with E-state index in [2.05, 4.69) is 23.7 Å². The van der Waals surface area contributed by atoms with E-state index in [0.717, 1.165) is 12.0 Å². The summed E-state index contributed by atoms with van der Waals surface area (Å²) < 4.78 is 15.7. The molecule has 1 aromatic carbocycles. The van der Waals surface area contributed by atoms with E-state index in [4.69, 9.17) is 14.2 Å². The summed E-state index contributed by atoms with van der Waals surface area (Å²) in [7, 11) is 4.90. The van der Waals surface area contributed by atoms with Crippen LogP contribution in [-0.4, -0.2) is 58.4 Å². The Kier molecular flexibility index (Phi) is 9.27. The van der Waals surface area contributed by atoms with Crippen molar-refractivity contribution in [2.24, 2.45) is 0 Å². The summed E-state index contributed by atoms with van der Waals surface area (Å²) in [6.45, 7) is 4.89. The van der Waals surface area contributed by atoms with Gasteiger partial charge in [0, 0.05) is 25.1 Å². The number of amides is 1. The van der Waals surface area contributed by atoms with E-state index >= 15 is 0 Å². The molecule has 6 nitrogen and oxygen atoms in total. The zero-order valence-corrected chi connectivity index (χ0v) is 17.9. The first-order valence-electron chi connectivity index (χ1n) is 9.30. The number of carbonyl (C=O) groups is 1. The standard InChI is InChI=1S/C21H30N2O4S/c1-16-8-12-28-20(16)15-23(21(24)14-22-9-11-25-2)10-7-17-5-6-18(26-3)19(13-17)27-4/h5-6,8,12-13,22H,7,9-11,14-15H2,1-4H3. The molecule has 0 saturated heterocycles. The lowest BCUT2D eigenvalue weighted by molar-refractivity contribution is -0.130. The van der Waals surface area contributed by atoms with Crippen molar-refractivity contribution in [1.82, 2.24) is 10.2 Å². The van der Waals surface area contributed by atoms with E-state index in [0.29, 0.717) is 44.3 Å². The van der Waals surface area contributed by atoms with E-state index in [-0.39, 0.29) is 5.91 Å². The number of ether oxygens (including phenoxy) is 3. The summed E-state index contributed by atoms with van der Waals surface area (Å²) in [5, 5.41) is 5.21. The highest BCUT2D eigenvalue weighted by Gasteiger charge is 2.16. The van der Waals surface area contributed by atoms with Crippen LogP contribution >= 0.6 is 11.3 Å². The first-order chi connectivity index (χ1) is 13.6. The molecule has 0 fully saturated rings. The number of carbonyl (C=O) groups excluding carboxylic acids is 1. The Bertz CT molecular complexity index is 748. The number of nitrogens with zero attached hydrogens (tertiary/aromatic N) is 1. The van der Waals surface area contributed by atoms with Crippen molar-refractivity contribution < 1.29 is 19.0 Å². The first kappa shape index (κ1) is 22.2. The fourth-order valence-corrected chi connectivity index (χ4v) is 3.73. The van der Waals surface area contributed by atoms with Gasteiger partial charge >= 0.3 is 0 Å². The molecular weight excluding hydrogens is 376 g/mol. The Morgan fingerprint density at radius 1 is 1.14 bits per heavy atom. The molecule has 0 aliphatic heterocycles. The summed E-state index contributed by atoms with van der Waals surface area (Å²) in [6, 6.07) is 7.97. The molecule has 1 aromatic heterocycles. The van der Waals surface area contributed by atoms with Crippen molar-refractivity contribution in [3.8, 4) is 11.5 Å². The van der Waals surface area contributed by atoms with Gasteiger partial charge in [-0.05, 0) is 48.1 Å². The number of methoxy groups -OCH3 is 3. The molecule has 1 amide bonds. The highest BCUT2D eigenvalue weighted by Crippen LogP contribution is 2.28. The van der Waals surface area contributed by atoms with Crippen molar-refractivity contribution in [3.63, 3.8) is 0 Å². The average molecular weight is 407 g/mol. The van der Waals surface area contributed by atoms with Crippen molar-refractivity contribution in [3.05, 3.63) is 45.6 Å². The van der Waals surface area contributed by atoms with Crippen LogP contribution in [0.15, 0.2) is 29.6 Å². The van der Waals surface area contributed by atoms with Crippen LogP contribution in [0.25, 0.3) is 0 Å². The van der Waals surface area contributed by atoms with Crippen LogP contribution < -0.4 is 14.8 Å². The Hall–Kier alpha value is -2.09. The maximum atomic E-state index is 12.8. The quantitative estimate of drug-likeness (QED) is 0.549. The van der Waals surface area contributed by atoms with E-state index in [9.17, 15) is 4.79 Å². The highest BCUT2D eigenvalue weighted by atomic mass is 32.1. The Morgan fingerprint density at radius 3 is 2.57 bits per heavy atom. The smallest absolute Gasteiger partial charge is 0.236 e. The maximum absolute atomic E-state index is 12.8. The van der Waals surface area contributed by atoms with Gasteiger partial charge in [-0.25, -0.2) is 0 Å². The van der Waals surface area contributed by atoms with E-state index in [1.54, 1.807) is 32.7 Å². The minimum atomic E-state index is 0.0874. The van der Waals surface area contributed by atoms with Crippen LogP contribution in [0, 0.1) is 6.92 Å². The van der Waals surface area contributed by atoms with Gasteiger partial charge in [0.15, 0.2) is 11.5 Å². The summed E-state index contributed by atoms with van der Waals surface area (Å²) in [5.41, 5.74) is 2.33. The van der Waals surface area contributed by atoms with Gasteiger partial charge in [0.25, 0.3) is 0 Å². The van der Waals surface area contributed by atoms with Gasteiger partial charge in [-0.15, -0.1) is 11.3 Å². The molecule has 0 aliphatic rings. The largest absolute Gasteiger partial charge is 0.493 e. The topological polar surface area (TPSA) is 60.0 Å². The normalized spacial score (nSPS) is 10.7. The van der Waals surface area contributed by atoms with Gasteiger partial charge in [-0.1, -0.05) is 6.07 Å². The van der Waals surface area contributed by atoms with Crippen LogP contribution in [0.2, 0.25) is 0 Å². The van der Waals surface area contributed by atoms with Crippen LogP contribution in [0.1, 0.15) is 16.0 Å². The third kappa shape index (κ3) is 6.51.